The Morgan fingerprint density at radius 2 is 1.63 bits per heavy atom. The lowest BCUT2D eigenvalue weighted by Crippen LogP contribution is -2.03. The first-order valence-electron chi connectivity index (χ1n) is 6.05. The van der Waals surface area contributed by atoms with Crippen molar-refractivity contribution in [1.82, 2.24) is 15.0 Å². The van der Waals surface area contributed by atoms with Crippen LogP contribution in [0, 0.1) is 0 Å². The molecule has 1 aromatic heterocycles. The van der Waals surface area contributed by atoms with Crippen LogP contribution in [0.25, 0.3) is 0 Å². The van der Waals surface area contributed by atoms with Gasteiger partial charge in [-0.2, -0.15) is 15.0 Å². The van der Waals surface area contributed by atoms with Gasteiger partial charge in [-0.3, -0.25) is 0 Å². The molecule has 0 amide bonds. The van der Waals surface area contributed by atoms with Gasteiger partial charge < -0.3 is 10.6 Å². The molecule has 100 valence electrons. The van der Waals surface area contributed by atoms with Gasteiger partial charge in [-0.25, -0.2) is 0 Å². The second-order valence-corrected chi connectivity index (χ2v) is 4.74. The van der Waals surface area contributed by atoms with Crippen molar-refractivity contribution >= 4 is 29.2 Å². The average molecular weight is 278 g/mol. The van der Waals surface area contributed by atoms with Gasteiger partial charge in [0.25, 0.3) is 0 Å². The van der Waals surface area contributed by atoms with E-state index in [9.17, 15) is 0 Å². The molecular formula is C13H16ClN5. The molecule has 2 N–H and O–H groups in total. The van der Waals surface area contributed by atoms with E-state index in [1.54, 1.807) is 7.05 Å². The Balaban J connectivity index is 2.18. The van der Waals surface area contributed by atoms with Gasteiger partial charge in [0.2, 0.25) is 17.2 Å². The monoisotopic (exact) mass is 277 g/mol. The normalized spacial score (nSPS) is 10.6. The van der Waals surface area contributed by atoms with E-state index in [1.807, 2.05) is 12.1 Å². The van der Waals surface area contributed by atoms with E-state index in [-0.39, 0.29) is 5.28 Å². The molecule has 1 aromatic carbocycles. The fraction of sp³-hybridized carbons (Fsp3) is 0.308. The molecule has 0 radical (unpaired) electrons. The third-order valence-corrected chi connectivity index (χ3v) is 2.83. The highest BCUT2D eigenvalue weighted by atomic mass is 35.5. The zero-order valence-corrected chi connectivity index (χ0v) is 11.9. The van der Waals surface area contributed by atoms with Crippen LogP contribution >= 0.6 is 11.6 Å². The summed E-state index contributed by atoms with van der Waals surface area (Å²) in [5.41, 5.74) is 2.20. The highest BCUT2D eigenvalue weighted by molar-refractivity contribution is 6.28. The fourth-order valence-corrected chi connectivity index (χ4v) is 1.76. The minimum Gasteiger partial charge on any atom is -0.357 e. The summed E-state index contributed by atoms with van der Waals surface area (Å²) in [5.74, 6) is 1.36. The Morgan fingerprint density at radius 1 is 1.00 bits per heavy atom. The molecule has 0 unspecified atom stereocenters. The van der Waals surface area contributed by atoms with E-state index < -0.39 is 0 Å². The van der Waals surface area contributed by atoms with E-state index in [0.717, 1.165) is 5.69 Å². The van der Waals surface area contributed by atoms with Crippen LogP contribution < -0.4 is 10.6 Å². The van der Waals surface area contributed by atoms with Crippen molar-refractivity contribution in [2.45, 2.75) is 19.8 Å². The molecule has 0 bridgehead atoms. The molecule has 1 heterocycles. The Bertz CT molecular complexity index is 553. The zero-order valence-electron chi connectivity index (χ0n) is 11.1. The first kappa shape index (κ1) is 13.5. The van der Waals surface area contributed by atoms with E-state index in [1.165, 1.54) is 5.56 Å². The van der Waals surface area contributed by atoms with Gasteiger partial charge in [-0.1, -0.05) is 26.0 Å². The first-order chi connectivity index (χ1) is 9.08. The molecular weight excluding hydrogens is 262 g/mol. The van der Waals surface area contributed by atoms with E-state index >= 15 is 0 Å². The lowest BCUT2D eigenvalue weighted by Gasteiger charge is -2.09. The molecule has 2 rings (SSSR count). The number of hydrogen-bond acceptors (Lipinski definition) is 5. The predicted molar refractivity (Wildman–Crippen MR) is 78.2 cm³/mol. The second kappa shape index (κ2) is 5.84. The molecule has 0 saturated carbocycles. The summed E-state index contributed by atoms with van der Waals surface area (Å²) in [6.45, 7) is 4.32. The molecule has 0 atom stereocenters. The van der Waals surface area contributed by atoms with E-state index in [0.29, 0.717) is 17.8 Å². The van der Waals surface area contributed by atoms with Crippen molar-refractivity contribution < 1.29 is 0 Å². The van der Waals surface area contributed by atoms with Crippen molar-refractivity contribution in [3.8, 4) is 0 Å². The Hall–Kier alpha value is -1.88. The van der Waals surface area contributed by atoms with Crippen LogP contribution in [0.1, 0.15) is 25.3 Å². The molecule has 6 heteroatoms. The lowest BCUT2D eigenvalue weighted by atomic mass is 10.0. The SMILES string of the molecule is CNc1nc(Cl)nc(Nc2ccc(C(C)C)cc2)n1. The third kappa shape index (κ3) is 3.54. The van der Waals surface area contributed by atoms with Crippen molar-refractivity contribution in [2.24, 2.45) is 0 Å². The number of nitrogens with zero attached hydrogens (tertiary/aromatic N) is 3. The highest BCUT2D eigenvalue weighted by Gasteiger charge is 2.04. The van der Waals surface area contributed by atoms with Crippen molar-refractivity contribution in [3.63, 3.8) is 0 Å². The molecule has 0 fully saturated rings. The number of aromatic nitrogens is 3. The standard InChI is InChI=1S/C13H16ClN5/c1-8(2)9-4-6-10(7-5-9)16-13-18-11(14)17-12(15-3)19-13/h4-8H,1-3H3,(H2,15,16,17,18,19). The van der Waals surface area contributed by atoms with Crippen LogP contribution in [-0.4, -0.2) is 22.0 Å². The van der Waals surface area contributed by atoms with Gasteiger partial charge in [-0.05, 0) is 35.2 Å². The minimum absolute atomic E-state index is 0.153. The second-order valence-electron chi connectivity index (χ2n) is 4.40. The number of hydrogen-bond donors (Lipinski definition) is 2. The van der Waals surface area contributed by atoms with Gasteiger partial charge in [0.1, 0.15) is 0 Å². The number of anilines is 3. The molecule has 0 aliphatic heterocycles. The van der Waals surface area contributed by atoms with Crippen molar-refractivity contribution in [2.75, 3.05) is 17.7 Å². The lowest BCUT2D eigenvalue weighted by molar-refractivity contribution is 0.867. The third-order valence-electron chi connectivity index (χ3n) is 2.67. The van der Waals surface area contributed by atoms with Crippen LogP contribution in [0.4, 0.5) is 17.6 Å². The van der Waals surface area contributed by atoms with Crippen LogP contribution in [-0.2, 0) is 0 Å². The summed E-state index contributed by atoms with van der Waals surface area (Å²) >= 11 is 5.82. The molecule has 0 aliphatic carbocycles. The van der Waals surface area contributed by atoms with Crippen molar-refractivity contribution in [3.05, 3.63) is 35.1 Å². The number of rotatable bonds is 4. The highest BCUT2D eigenvalue weighted by Crippen LogP contribution is 2.19. The molecule has 5 nitrogen and oxygen atoms in total. The molecule has 19 heavy (non-hydrogen) atoms. The maximum absolute atomic E-state index is 5.82. The Labute approximate surface area is 117 Å². The van der Waals surface area contributed by atoms with Gasteiger partial charge in [0.05, 0.1) is 0 Å². The van der Waals surface area contributed by atoms with Gasteiger partial charge in [0.15, 0.2) is 0 Å². The maximum atomic E-state index is 5.82. The maximum Gasteiger partial charge on any atom is 0.233 e. The summed E-state index contributed by atoms with van der Waals surface area (Å²) in [4.78, 5) is 12.1. The summed E-state index contributed by atoms with van der Waals surface area (Å²) in [6.07, 6.45) is 0. The van der Waals surface area contributed by atoms with E-state index in [2.05, 4.69) is 51.6 Å². The van der Waals surface area contributed by atoms with Gasteiger partial charge in [0, 0.05) is 12.7 Å². The topological polar surface area (TPSA) is 62.7 Å². The smallest absolute Gasteiger partial charge is 0.233 e. The number of nitrogens with one attached hydrogen (secondary N) is 2. The van der Waals surface area contributed by atoms with Gasteiger partial charge in [-0.15, -0.1) is 0 Å². The zero-order chi connectivity index (χ0) is 13.8. The van der Waals surface area contributed by atoms with Crippen molar-refractivity contribution in [1.29, 1.82) is 0 Å². The number of halogens is 1. The minimum atomic E-state index is 0.153. The largest absolute Gasteiger partial charge is 0.357 e. The summed E-state index contributed by atoms with van der Waals surface area (Å²) in [6, 6.07) is 8.14. The fourth-order valence-electron chi connectivity index (χ4n) is 1.60. The number of benzene rings is 1. The summed E-state index contributed by atoms with van der Waals surface area (Å²) < 4.78 is 0. The predicted octanol–water partition coefficient (Wildman–Crippen LogP) is 3.43. The summed E-state index contributed by atoms with van der Waals surface area (Å²) in [5, 5.41) is 6.08. The molecule has 0 spiro atoms. The summed E-state index contributed by atoms with van der Waals surface area (Å²) in [7, 11) is 1.73. The van der Waals surface area contributed by atoms with Crippen LogP contribution in [0.15, 0.2) is 24.3 Å². The van der Waals surface area contributed by atoms with Crippen LogP contribution in [0.5, 0.6) is 0 Å². The Morgan fingerprint density at radius 3 is 2.21 bits per heavy atom. The first-order valence-corrected chi connectivity index (χ1v) is 6.42. The Kier molecular flexibility index (Phi) is 4.16. The van der Waals surface area contributed by atoms with E-state index in [4.69, 9.17) is 11.6 Å². The average Bonchev–Trinajstić information content (AvgIpc) is 2.38. The molecule has 0 aliphatic rings. The van der Waals surface area contributed by atoms with Crippen LogP contribution in [0.3, 0.4) is 0 Å². The quantitative estimate of drug-likeness (QED) is 0.896. The van der Waals surface area contributed by atoms with Crippen LogP contribution in [0.2, 0.25) is 5.28 Å². The molecule has 0 saturated heterocycles. The van der Waals surface area contributed by atoms with Gasteiger partial charge >= 0.3 is 0 Å². The molecule has 2 aromatic rings.